The van der Waals surface area contributed by atoms with E-state index in [2.05, 4.69) is 176 Å². The van der Waals surface area contributed by atoms with Crippen LogP contribution in [0.2, 0.25) is 0 Å². The van der Waals surface area contributed by atoms with Gasteiger partial charge in [0.05, 0.1) is 6.61 Å². The van der Waals surface area contributed by atoms with Crippen molar-refractivity contribution >= 4 is 12.2 Å². The van der Waals surface area contributed by atoms with Gasteiger partial charge in [-0.1, -0.05) is 208 Å². The van der Waals surface area contributed by atoms with Crippen molar-refractivity contribution in [1.29, 1.82) is 0 Å². The summed E-state index contributed by atoms with van der Waals surface area (Å²) in [7, 11) is 0. The van der Waals surface area contributed by atoms with Gasteiger partial charge < -0.3 is 4.74 Å². The number of rotatable bonds is 10. The Balaban J connectivity index is 1.27. The largest absolute Gasteiger partial charge is 0.493 e. The van der Waals surface area contributed by atoms with Gasteiger partial charge in [-0.3, -0.25) is 0 Å². The summed E-state index contributed by atoms with van der Waals surface area (Å²) >= 11 is 0. The van der Waals surface area contributed by atoms with E-state index in [4.69, 9.17) is 4.74 Å². The quantitative estimate of drug-likeness (QED) is 0.0994. The zero-order chi connectivity index (χ0) is 40.6. The molecule has 0 atom stereocenters. The summed E-state index contributed by atoms with van der Waals surface area (Å²) in [4.78, 5) is 0. The van der Waals surface area contributed by atoms with Crippen molar-refractivity contribution in [2.45, 2.75) is 121 Å². The Kier molecular flexibility index (Phi) is 9.39. The Bertz CT molecular complexity index is 2370. The first kappa shape index (κ1) is 38.1. The van der Waals surface area contributed by atoms with Gasteiger partial charge in [0.2, 0.25) is 0 Å². The van der Waals surface area contributed by atoms with Gasteiger partial charge in [0.1, 0.15) is 5.75 Å². The van der Waals surface area contributed by atoms with Gasteiger partial charge in [0, 0.05) is 34.8 Å². The highest BCUT2D eigenvalue weighted by Crippen LogP contribution is 2.66. The first-order chi connectivity index (χ1) is 28.6. The third kappa shape index (κ3) is 6.17. The lowest BCUT2D eigenvalue weighted by Crippen LogP contribution is -2.34. The van der Waals surface area contributed by atoms with Gasteiger partial charge in [-0.05, 0) is 95.1 Å². The second kappa shape index (κ2) is 14.5. The van der Waals surface area contributed by atoms with Crippen molar-refractivity contribution < 1.29 is 4.74 Å². The van der Waals surface area contributed by atoms with Gasteiger partial charge in [0.25, 0.3) is 0 Å². The van der Waals surface area contributed by atoms with E-state index < -0.39 is 0 Å². The first-order valence-electron chi connectivity index (χ1n) is 22.6. The fourth-order valence-corrected chi connectivity index (χ4v) is 11.3. The molecule has 1 heteroatoms. The molecule has 298 valence electrons. The van der Waals surface area contributed by atoms with Crippen LogP contribution in [0, 0.1) is 0 Å². The average Bonchev–Trinajstić information content (AvgIpc) is 3.24. The molecule has 0 spiro atoms. The summed E-state index contributed by atoms with van der Waals surface area (Å²) in [6.07, 6.45) is 12.5. The van der Waals surface area contributed by atoms with E-state index in [0.29, 0.717) is 0 Å². The van der Waals surface area contributed by atoms with Crippen LogP contribution < -0.4 is 4.74 Å². The molecule has 1 nitrogen and oxygen atoms in total. The topological polar surface area (TPSA) is 9.23 Å². The van der Waals surface area contributed by atoms with Crippen molar-refractivity contribution in [2.24, 2.45) is 0 Å². The van der Waals surface area contributed by atoms with Crippen molar-refractivity contribution in [3.05, 3.63) is 204 Å². The molecule has 59 heavy (non-hydrogen) atoms. The lowest BCUT2D eigenvalue weighted by molar-refractivity contribution is 0.295. The van der Waals surface area contributed by atoms with E-state index in [1.165, 1.54) is 127 Å². The summed E-state index contributed by atoms with van der Waals surface area (Å²) < 4.78 is 7.47. The molecule has 0 saturated heterocycles. The fraction of sp³-hybridized carbons (Fsp3) is 0.345. The van der Waals surface area contributed by atoms with Crippen molar-refractivity contribution in [3.63, 3.8) is 0 Å². The first-order valence-corrected chi connectivity index (χ1v) is 22.6. The van der Waals surface area contributed by atoms with E-state index in [-0.39, 0.29) is 34.5 Å². The van der Waals surface area contributed by atoms with E-state index in [1.54, 1.807) is 0 Å². The molecule has 0 saturated carbocycles. The number of hydrogen-bond donors (Lipinski definition) is 0. The van der Waals surface area contributed by atoms with Crippen molar-refractivity contribution in [1.82, 2.24) is 0 Å². The minimum atomic E-state index is 0.0380. The summed E-state index contributed by atoms with van der Waals surface area (Å²) in [5.74, 6) is 1.65. The SMILES string of the molecule is CCCCCCCCOc1c2c(c(/C=C\c3cc(C(C)(C)C)cc(C(C)(C)C)c3)c3c1C1c4ccccc4C3c3ccccc31)C1c3ccccc3C2c2ccccc21. The summed E-state index contributed by atoms with van der Waals surface area (Å²) in [5, 5.41) is 0. The average molecular weight is 773 g/mol. The Hall–Kier alpha value is -5.14. The number of ether oxygens (including phenoxy) is 1. The highest BCUT2D eigenvalue weighted by Gasteiger charge is 2.51. The van der Waals surface area contributed by atoms with Crippen LogP contribution in [0.5, 0.6) is 5.75 Å². The van der Waals surface area contributed by atoms with Gasteiger partial charge in [0.15, 0.2) is 0 Å². The van der Waals surface area contributed by atoms with Crippen LogP contribution in [0.1, 0.15) is 200 Å². The summed E-state index contributed by atoms with van der Waals surface area (Å²) in [6, 6.07) is 44.6. The lowest BCUT2D eigenvalue weighted by Gasteiger charge is -2.49. The molecule has 0 aromatic heterocycles. The highest BCUT2D eigenvalue weighted by atomic mass is 16.5. The van der Waals surface area contributed by atoms with Crippen LogP contribution in [0.3, 0.4) is 0 Å². The van der Waals surface area contributed by atoms with Crippen LogP contribution in [-0.4, -0.2) is 6.61 Å². The van der Waals surface area contributed by atoms with Crippen LogP contribution in [0.25, 0.3) is 12.2 Å². The predicted molar refractivity (Wildman–Crippen MR) is 248 cm³/mol. The van der Waals surface area contributed by atoms with Gasteiger partial charge in [-0.15, -0.1) is 0 Å². The third-order valence-corrected chi connectivity index (χ3v) is 14.2. The summed E-state index contributed by atoms with van der Waals surface area (Å²) in [6.45, 7) is 17.1. The second-order valence-electron chi connectivity index (χ2n) is 19.9. The van der Waals surface area contributed by atoms with Gasteiger partial charge in [-0.2, -0.15) is 0 Å². The van der Waals surface area contributed by atoms with Gasteiger partial charge >= 0.3 is 0 Å². The zero-order valence-electron chi connectivity index (χ0n) is 36.3. The molecule has 6 aromatic carbocycles. The number of unbranched alkanes of at least 4 members (excludes halogenated alkanes) is 5. The number of hydrogen-bond acceptors (Lipinski definition) is 1. The molecule has 0 amide bonds. The minimum Gasteiger partial charge on any atom is -0.493 e. The van der Waals surface area contributed by atoms with Crippen molar-refractivity contribution in [2.75, 3.05) is 6.61 Å². The predicted octanol–water partition coefficient (Wildman–Crippen LogP) is 15.2. The minimum absolute atomic E-state index is 0.0380. The van der Waals surface area contributed by atoms with Gasteiger partial charge in [-0.25, -0.2) is 0 Å². The smallest absolute Gasteiger partial charge is 0.128 e. The molecule has 6 aliphatic carbocycles. The maximum absolute atomic E-state index is 7.47. The Morgan fingerprint density at radius 1 is 0.441 bits per heavy atom. The molecule has 0 aliphatic heterocycles. The maximum atomic E-state index is 7.47. The zero-order valence-corrected chi connectivity index (χ0v) is 36.3. The molecule has 0 unspecified atom stereocenters. The van der Waals surface area contributed by atoms with Crippen LogP contribution in [0.15, 0.2) is 115 Å². The lowest BCUT2D eigenvalue weighted by atomic mass is 9.54. The molecular weight excluding hydrogens is 713 g/mol. The molecule has 4 bridgehead atoms. The molecule has 0 radical (unpaired) electrons. The van der Waals surface area contributed by atoms with Crippen LogP contribution in [-0.2, 0) is 10.8 Å². The molecular formula is C58H60O. The van der Waals surface area contributed by atoms with E-state index in [1.807, 2.05) is 0 Å². The fourth-order valence-electron chi connectivity index (χ4n) is 11.3. The Labute approximate surface area is 353 Å². The molecule has 0 heterocycles. The molecule has 0 N–H and O–H groups in total. The molecule has 6 aliphatic rings. The van der Waals surface area contributed by atoms with E-state index in [0.717, 1.165) is 13.0 Å². The monoisotopic (exact) mass is 772 g/mol. The van der Waals surface area contributed by atoms with Crippen molar-refractivity contribution in [3.8, 4) is 5.75 Å². The molecule has 12 rings (SSSR count). The summed E-state index contributed by atoms with van der Waals surface area (Å²) in [5.41, 5.74) is 22.9. The normalized spacial score (nSPS) is 19.2. The number of benzene rings is 6. The molecule has 6 aromatic rings. The standard InChI is InChI=1S/C58H60O/c1-8-9-10-11-12-21-32-59-56-54-50-43-26-17-13-22-39(43)48(40-23-14-18-27-44(40)50)52(54)47(31-30-36-33-37(57(2,3)4)35-38(34-36)58(5,6)7)53-49-41-24-15-19-28-45(41)51(55(53)56)46-29-20-16-25-42(46)49/h13-20,22-31,33-35,48-51H,8-12,21,32H2,1-7H3/b31-30-. The Morgan fingerprint density at radius 2 is 0.797 bits per heavy atom. The highest BCUT2D eigenvalue weighted by molar-refractivity contribution is 5.87. The maximum Gasteiger partial charge on any atom is 0.128 e. The Morgan fingerprint density at radius 3 is 1.17 bits per heavy atom. The van der Waals surface area contributed by atoms with Crippen LogP contribution >= 0.6 is 0 Å². The van der Waals surface area contributed by atoms with E-state index in [9.17, 15) is 0 Å². The molecule has 0 fully saturated rings. The second-order valence-corrected chi connectivity index (χ2v) is 19.9. The van der Waals surface area contributed by atoms with E-state index >= 15 is 0 Å². The third-order valence-electron chi connectivity index (χ3n) is 14.2. The van der Waals surface area contributed by atoms with Crippen LogP contribution in [0.4, 0.5) is 0 Å².